The third-order valence-corrected chi connectivity index (χ3v) is 5.17. The van der Waals surface area contributed by atoms with Crippen molar-refractivity contribution in [3.63, 3.8) is 0 Å². The number of carbonyl (C=O) groups excluding carboxylic acids is 2. The first-order valence-corrected chi connectivity index (χ1v) is 9.50. The smallest absolute Gasteiger partial charge is 0.307 e. The van der Waals surface area contributed by atoms with Crippen molar-refractivity contribution in [2.24, 2.45) is 11.8 Å². The Morgan fingerprint density at radius 1 is 1.27 bits per heavy atom. The molecular weight excluding hydrogens is 330 g/mol. The second-order valence-electron chi connectivity index (χ2n) is 8.29. The van der Waals surface area contributed by atoms with Gasteiger partial charge in [-0.2, -0.15) is 0 Å². The van der Waals surface area contributed by atoms with Gasteiger partial charge in [0.15, 0.2) is 0 Å². The average Bonchev–Trinajstić information content (AvgIpc) is 3.02. The minimum Gasteiger partial charge on any atom is -0.460 e. The highest BCUT2D eigenvalue weighted by molar-refractivity contribution is 5.85. The highest BCUT2D eigenvalue weighted by Crippen LogP contribution is 2.42. The van der Waals surface area contributed by atoms with Crippen molar-refractivity contribution < 1.29 is 19.1 Å². The molecule has 4 atom stereocenters. The standard InChI is InChI=1S/C21H29NO4/c1-5-14-11-16(12-18(23)26-21(2,3)4)19(24)22-17(13-25-20(14)22)15-9-7-6-8-10-15/h6-10,14,16-17,20H,5,11-13H2,1-4H3/t14-,16+,17-,20+/m0/s1. The summed E-state index contributed by atoms with van der Waals surface area (Å²) in [6.45, 7) is 8.16. The van der Waals surface area contributed by atoms with Gasteiger partial charge in [0.2, 0.25) is 5.91 Å². The molecule has 0 unspecified atom stereocenters. The largest absolute Gasteiger partial charge is 0.460 e. The van der Waals surface area contributed by atoms with Gasteiger partial charge >= 0.3 is 5.97 Å². The second kappa shape index (κ2) is 7.39. The monoisotopic (exact) mass is 359 g/mol. The lowest BCUT2D eigenvalue weighted by atomic mass is 9.83. The zero-order valence-electron chi connectivity index (χ0n) is 16.1. The minimum atomic E-state index is -0.537. The highest BCUT2D eigenvalue weighted by atomic mass is 16.6. The van der Waals surface area contributed by atoms with E-state index in [1.807, 2.05) is 56.0 Å². The van der Waals surface area contributed by atoms with Crippen molar-refractivity contribution in [3.8, 4) is 0 Å². The Kier molecular flexibility index (Phi) is 5.37. The van der Waals surface area contributed by atoms with Crippen LogP contribution in [0.25, 0.3) is 0 Å². The maximum Gasteiger partial charge on any atom is 0.307 e. The number of nitrogens with zero attached hydrogens (tertiary/aromatic N) is 1. The zero-order valence-corrected chi connectivity index (χ0v) is 16.1. The van der Waals surface area contributed by atoms with Gasteiger partial charge in [-0.1, -0.05) is 37.3 Å². The molecule has 5 nitrogen and oxygen atoms in total. The summed E-state index contributed by atoms with van der Waals surface area (Å²) in [6.07, 6.45) is 1.54. The summed E-state index contributed by atoms with van der Waals surface area (Å²) in [5.41, 5.74) is 0.543. The van der Waals surface area contributed by atoms with Crippen LogP contribution >= 0.6 is 0 Å². The van der Waals surface area contributed by atoms with Crippen molar-refractivity contribution in [3.05, 3.63) is 35.9 Å². The topological polar surface area (TPSA) is 55.8 Å². The molecule has 2 saturated heterocycles. The average molecular weight is 359 g/mol. The van der Waals surface area contributed by atoms with E-state index in [2.05, 4.69) is 6.92 Å². The van der Waals surface area contributed by atoms with Gasteiger partial charge in [-0.05, 0) is 39.2 Å². The molecule has 0 N–H and O–H groups in total. The molecule has 3 rings (SSSR count). The lowest BCUT2D eigenvalue weighted by molar-refractivity contribution is -0.165. The van der Waals surface area contributed by atoms with Crippen LogP contribution in [0.2, 0.25) is 0 Å². The number of esters is 1. The number of hydrogen-bond donors (Lipinski definition) is 0. The quantitative estimate of drug-likeness (QED) is 0.770. The molecule has 5 heteroatoms. The molecule has 142 valence electrons. The number of benzene rings is 1. The molecule has 2 aliphatic heterocycles. The van der Waals surface area contributed by atoms with Crippen LogP contribution in [0, 0.1) is 11.8 Å². The third-order valence-electron chi connectivity index (χ3n) is 5.17. The third kappa shape index (κ3) is 3.93. The van der Waals surface area contributed by atoms with E-state index >= 15 is 0 Å². The van der Waals surface area contributed by atoms with E-state index in [0.717, 1.165) is 12.0 Å². The van der Waals surface area contributed by atoms with Crippen molar-refractivity contribution in [2.45, 2.75) is 64.8 Å². The van der Waals surface area contributed by atoms with Gasteiger partial charge in [-0.15, -0.1) is 0 Å². The Morgan fingerprint density at radius 2 is 1.96 bits per heavy atom. The molecule has 1 aromatic carbocycles. The molecule has 0 aliphatic carbocycles. The summed E-state index contributed by atoms with van der Waals surface area (Å²) >= 11 is 0. The van der Waals surface area contributed by atoms with Gasteiger partial charge in [-0.3, -0.25) is 9.59 Å². The van der Waals surface area contributed by atoms with E-state index in [0.29, 0.717) is 13.0 Å². The van der Waals surface area contributed by atoms with Crippen LogP contribution < -0.4 is 0 Å². The summed E-state index contributed by atoms with van der Waals surface area (Å²) in [6, 6.07) is 9.91. The summed E-state index contributed by atoms with van der Waals surface area (Å²) < 4.78 is 11.5. The van der Waals surface area contributed by atoms with Crippen molar-refractivity contribution in [2.75, 3.05) is 6.61 Å². The fraction of sp³-hybridized carbons (Fsp3) is 0.619. The minimum absolute atomic E-state index is 0.0110. The van der Waals surface area contributed by atoms with Crippen LogP contribution in [-0.4, -0.2) is 35.2 Å². The SMILES string of the molecule is CC[C@H]1C[C@H](CC(=O)OC(C)(C)C)C(=O)N2[C@@H]1OC[C@H]2c1ccccc1. The molecule has 0 spiro atoms. The number of hydrogen-bond acceptors (Lipinski definition) is 4. The Labute approximate surface area is 155 Å². The van der Waals surface area contributed by atoms with E-state index in [4.69, 9.17) is 9.47 Å². The highest BCUT2D eigenvalue weighted by Gasteiger charge is 2.49. The van der Waals surface area contributed by atoms with Crippen LogP contribution in [0.4, 0.5) is 0 Å². The second-order valence-corrected chi connectivity index (χ2v) is 8.29. The zero-order chi connectivity index (χ0) is 18.9. The van der Waals surface area contributed by atoms with Gasteiger partial charge in [0.25, 0.3) is 0 Å². The first kappa shape index (κ1) is 18.9. The maximum absolute atomic E-state index is 13.2. The van der Waals surface area contributed by atoms with Crippen molar-refractivity contribution >= 4 is 11.9 Å². The van der Waals surface area contributed by atoms with E-state index in [-0.39, 0.29) is 42.4 Å². The Hall–Kier alpha value is -1.88. The Morgan fingerprint density at radius 3 is 2.58 bits per heavy atom. The molecule has 1 amide bonds. The first-order valence-electron chi connectivity index (χ1n) is 9.50. The van der Waals surface area contributed by atoms with Crippen LogP contribution in [-0.2, 0) is 19.1 Å². The normalized spacial score (nSPS) is 28.8. The molecule has 26 heavy (non-hydrogen) atoms. The number of carbonyl (C=O) groups is 2. The lowest BCUT2D eigenvalue weighted by Crippen LogP contribution is -2.51. The summed E-state index contributed by atoms with van der Waals surface area (Å²) in [4.78, 5) is 27.4. The summed E-state index contributed by atoms with van der Waals surface area (Å²) in [7, 11) is 0. The molecule has 2 fully saturated rings. The number of ether oxygens (including phenoxy) is 2. The van der Waals surface area contributed by atoms with Gasteiger partial charge in [0.1, 0.15) is 11.8 Å². The summed E-state index contributed by atoms with van der Waals surface area (Å²) in [5, 5.41) is 0. The van der Waals surface area contributed by atoms with Crippen LogP contribution in [0.3, 0.4) is 0 Å². The predicted molar refractivity (Wildman–Crippen MR) is 98.1 cm³/mol. The van der Waals surface area contributed by atoms with Gasteiger partial charge in [0.05, 0.1) is 19.1 Å². The van der Waals surface area contributed by atoms with Crippen LogP contribution in [0.15, 0.2) is 30.3 Å². The molecule has 0 radical (unpaired) electrons. The molecule has 1 aromatic rings. The molecule has 0 aromatic heterocycles. The van der Waals surface area contributed by atoms with Gasteiger partial charge in [0, 0.05) is 11.8 Å². The van der Waals surface area contributed by atoms with Crippen molar-refractivity contribution in [1.29, 1.82) is 0 Å². The predicted octanol–water partition coefficient (Wildman–Crippen LogP) is 3.69. The van der Waals surface area contributed by atoms with Gasteiger partial charge in [-0.25, -0.2) is 0 Å². The number of amides is 1. The van der Waals surface area contributed by atoms with Crippen LogP contribution in [0.1, 0.15) is 58.6 Å². The van der Waals surface area contributed by atoms with Crippen molar-refractivity contribution in [1.82, 2.24) is 4.90 Å². The van der Waals surface area contributed by atoms with E-state index in [1.165, 1.54) is 0 Å². The first-order chi connectivity index (χ1) is 12.3. The fourth-order valence-electron chi connectivity index (χ4n) is 4.02. The number of rotatable bonds is 4. The lowest BCUT2D eigenvalue weighted by Gasteiger charge is -2.41. The summed E-state index contributed by atoms with van der Waals surface area (Å²) in [5.74, 6) is -0.384. The van der Waals surface area contributed by atoms with E-state index in [9.17, 15) is 9.59 Å². The Balaban J connectivity index is 1.80. The molecular formula is C21H29NO4. The molecule has 2 aliphatic rings. The Bertz CT molecular complexity index is 652. The number of piperidine rings is 1. The fourth-order valence-corrected chi connectivity index (χ4v) is 4.02. The van der Waals surface area contributed by atoms with Crippen LogP contribution in [0.5, 0.6) is 0 Å². The molecule has 0 saturated carbocycles. The maximum atomic E-state index is 13.2. The van der Waals surface area contributed by atoms with Gasteiger partial charge < -0.3 is 14.4 Å². The van der Waals surface area contributed by atoms with E-state index < -0.39 is 5.60 Å². The number of fused-ring (bicyclic) bond motifs is 1. The molecule has 2 heterocycles. The molecule has 0 bridgehead atoms. The van der Waals surface area contributed by atoms with E-state index in [1.54, 1.807) is 0 Å².